The molecular weight excluding hydrogens is 267 g/mol. The van der Waals surface area contributed by atoms with Crippen LogP contribution < -0.4 is 4.72 Å². The summed E-state index contributed by atoms with van der Waals surface area (Å²) in [4.78, 5) is 0. The first kappa shape index (κ1) is 17.4. The molecule has 0 aliphatic heterocycles. The molecule has 0 fully saturated rings. The van der Waals surface area contributed by atoms with Gasteiger partial charge in [0.2, 0.25) is 10.0 Å². The maximum atomic E-state index is 11.9. The quantitative estimate of drug-likeness (QED) is 0.732. The molecule has 0 bridgehead atoms. The zero-order valence-electron chi connectivity index (χ0n) is 10.8. The van der Waals surface area contributed by atoms with E-state index in [-0.39, 0.29) is 11.7 Å². The molecule has 0 aromatic carbocycles. The first-order valence-corrected chi connectivity index (χ1v) is 7.34. The van der Waals surface area contributed by atoms with Gasteiger partial charge in [0.05, 0.1) is 5.75 Å². The first-order valence-electron chi connectivity index (χ1n) is 5.69. The van der Waals surface area contributed by atoms with Crippen molar-refractivity contribution in [3.8, 4) is 0 Å². The van der Waals surface area contributed by atoms with Gasteiger partial charge in [0.25, 0.3) is 0 Å². The second-order valence-corrected chi connectivity index (χ2v) is 6.53. The molecule has 3 nitrogen and oxygen atoms in total. The Morgan fingerprint density at radius 2 is 1.89 bits per heavy atom. The molecule has 108 valence electrons. The molecule has 18 heavy (non-hydrogen) atoms. The molecule has 0 aromatic rings. The fourth-order valence-electron chi connectivity index (χ4n) is 1.37. The Morgan fingerprint density at radius 3 is 2.33 bits per heavy atom. The van der Waals surface area contributed by atoms with Crippen LogP contribution in [0.15, 0.2) is 11.6 Å². The van der Waals surface area contributed by atoms with E-state index in [2.05, 4.69) is 0 Å². The first-order chi connectivity index (χ1) is 8.02. The van der Waals surface area contributed by atoms with E-state index in [1.165, 1.54) is 0 Å². The monoisotopic (exact) mass is 287 g/mol. The third-order valence-corrected chi connectivity index (χ3v) is 3.80. The summed E-state index contributed by atoms with van der Waals surface area (Å²) in [7, 11) is -3.86. The van der Waals surface area contributed by atoms with E-state index in [1.54, 1.807) is 11.6 Å². The normalized spacial score (nSPS) is 14.3. The predicted molar refractivity (Wildman–Crippen MR) is 65.7 cm³/mol. The highest BCUT2D eigenvalue weighted by Gasteiger charge is 2.29. The number of allylic oxidation sites excluding steroid dienone is 2. The molecule has 0 aliphatic carbocycles. The van der Waals surface area contributed by atoms with Crippen LogP contribution in [0, 0.1) is 5.92 Å². The number of rotatable bonds is 7. The van der Waals surface area contributed by atoms with Crippen molar-refractivity contribution in [2.24, 2.45) is 5.92 Å². The second kappa shape index (κ2) is 7.13. The van der Waals surface area contributed by atoms with Crippen LogP contribution >= 0.6 is 0 Å². The topological polar surface area (TPSA) is 46.2 Å². The van der Waals surface area contributed by atoms with Gasteiger partial charge in [-0.15, -0.1) is 0 Å². The van der Waals surface area contributed by atoms with Crippen molar-refractivity contribution >= 4 is 10.0 Å². The summed E-state index contributed by atoms with van der Waals surface area (Å²) in [6, 6.07) is 0. The average Bonchev–Trinajstić information content (AvgIpc) is 2.12. The van der Waals surface area contributed by atoms with Crippen LogP contribution in [0.25, 0.3) is 0 Å². The number of halogens is 3. The summed E-state index contributed by atoms with van der Waals surface area (Å²) >= 11 is 0. The lowest BCUT2D eigenvalue weighted by Gasteiger charge is -2.13. The van der Waals surface area contributed by atoms with Crippen LogP contribution in [0.2, 0.25) is 0 Å². The van der Waals surface area contributed by atoms with Crippen LogP contribution in [0.3, 0.4) is 0 Å². The Kier molecular flexibility index (Phi) is 6.91. The number of hydrogen-bond acceptors (Lipinski definition) is 2. The summed E-state index contributed by atoms with van der Waals surface area (Å²) in [5, 5.41) is 0. The minimum absolute atomic E-state index is 0.175. The van der Waals surface area contributed by atoms with Crippen molar-refractivity contribution in [1.29, 1.82) is 0 Å². The Morgan fingerprint density at radius 1 is 1.33 bits per heavy atom. The summed E-state index contributed by atoms with van der Waals surface area (Å²) in [6.07, 6.45) is -1.17. The van der Waals surface area contributed by atoms with Crippen molar-refractivity contribution in [1.82, 2.24) is 4.72 Å². The number of nitrogens with one attached hydrogen (secondary N) is 1. The third kappa shape index (κ3) is 10.6. The Labute approximate surface area is 107 Å². The molecule has 0 aliphatic rings. The highest BCUT2D eigenvalue weighted by molar-refractivity contribution is 7.89. The second-order valence-electron chi connectivity index (χ2n) is 4.68. The van der Waals surface area contributed by atoms with E-state index in [4.69, 9.17) is 0 Å². The van der Waals surface area contributed by atoms with E-state index < -0.39 is 22.7 Å². The molecule has 0 spiro atoms. The van der Waals surface area contributed by atoms with Gasteiger partial charge in [-0.3, -0.25) is 0 Å². The van der Waals surface area contributed by atoms with Gasteiger partial charge in [0.1, 0.15) is 6.54 Å². The molecule has 0 amide bonds. The molecule has 0 saturated carbocycles. The molecule has 0 rings (SSSR count). The van der Waals surface area contributed by atoms with Gasteiger partial charge in [-0.2, -0.15) is 13.2 Å². The predicted octanol–water partition coefficient (Wildman–Crippen LogP) is 2.85. The van der Waals surface area contributed by atoms with Gasteiger partial charge in [0.15, 0.2) is 0 Å². The lowest BCUT2D eigenvalue weighted by Crippen LogP contribution is -2.36. The van der Waals surface area contributed by atoms with E-state index in [0.717, 1.165) is 12.0 Å². The van der Waals surface area contributed by atoms with Crippen molar-refractivity contribution in [2.75, 3.05) is 12.3 Å². The summed E-state index contributed by atoms with van der Waals surface area (Å²) in [6.45, 7) is 4.08. The maximum absolute atomic E-state index is 11.9. The van der Waals surface area contributed by atoms with Crippen molar-refractivity contribution < 1.29 is 21.6 Å². The van der Waals surface area contributed by atoms with Crippen LogP contribution in [0.5, 0.6) is 0 Å². The minimum Gasteiger partial charge on any atom is -0.212 e. The molecule has 7 heteroatoms. The molecule has 1 unspecified atom stereocenters. The molecule has 0 radical (unpaired) electrons. The minimum atomic E-state index is -4.52. The van der Waals surface area contributed by atoms with Crippen LogP contribution in [-0.4, -0.2) is 26.9 Å². The lowest BCUT2D eigenvalue weighted by atomic mass is 10.1. The number of alkyl halides is 3. The Balaban J connectivity index is 4.12. The zero-order chi connectivity index (χ0) is 14.4. The standard InChI is InChI=1S/C11H20F3NO2S/c1-9(2)5-4-6-10(3)7-18(16,17)15-8-11(12,13)14/h5,10,15H,4,6-8H2,1-3H3. The van der Waals surface area contributed by atoms with Crippen molar-refractivity contribution in [3.05, 3.63) is 11.6 Å². The fraction of sp³-hybridized carbons (Fsp3) is 0.818. The van der Waals surface area contributed by atoms with Crippen LogP contribution in [0.1, 0.15) is 33.6 Å². The zero-order valence-corrected chi connectivity index (χ0v) is 11.7. The van der Waals surface area contributed by atoms with Crippen molar-refractivity contribution in [2.45, 2.75) is 39.8 Å². The highest BCUT2D eigenvalue weighted by atomic mass is 32.2. The Bertz CT molecular complexity index is 370. The van der Waals surface area contributed by atoms with E-state index in [1.807, 2.05) is 19.9 Å². The van der Waals surface area contributed by atoms with Gasteiger partial charge >= 0.3 is 6.18 Å². The van der Waals surface area contributed by atoms with E-state index >= 15 is 0 Å². The fourth-order valence-corrected chi connectivity index (χ4v) is 2.78. The van der Waals surface area contributed by atoms with Crippen LogP contribution in [0.4, 0.5) is 13.2 Å². The Hall–Kier alpha value is -0.560. The summed E-state index contributed by atoms with van der Waals surface area (Å²) in [5.74, 6) is -0.453. The number of sulfonamides is 1. The lowest BCUT2D eigenvalue weighted by molar-refractivity contribution is -0.121. The summed E-state index contributed by atoms with van der Waals surface area (Å²) < 4.78 is 59.9. The molecule has 1 N–H and O–H groups in total. The molecule has 0 saturated heterocycles. The maximum Gasteiger partial charge on any atom is 0.402 e. The van der Waals surface area contributed by atoms with Gasteiger partial charge in [0, 0.05) is 0 Å². The van der Waals surface area contributed by atoms with Gasteiger partial charge in [-0.05, 0) is 32.6 Å². The number of hydrogen-bond donors (Lipinski definition) is 1. The molecule has 0 heterocycles. The van der Waals surface area contributed by atoms with Gasteiger partial charge in [-0.1, -0.05) is 18.6 Å². The smallest absolute Gasteiger partial charge is 0.212 e. The average molecular weight is 287 g/mol. The van der Waals surface area contributed by atoms with Gasteiger partial charge < -0.3 is 0 Å². The molecule has 0 aromatic heterocycles. The molecule has 1 atom stereocenters. The third-order valence-electron chi connectivity index (χ3n) is 2.21. The molecular formula is C11H20F3NO2S. The highest BCUT2D eigenvalue weighted by Crippen LogP contribution is 2.14. The van der Waals surface area contributed by atoms with E-state index in [0.29, 0.717) is 6.42 Å². The largest absolute Gasteiger partial charge is 0.402 e. The SMILES string of the molecule is CC(C)=CCCC(C)CS(=O)(=O)NCC(F)(F)F. The van der Waals surface area contributed by atoms with Crippen molar-refractivity contribution in [3.63, 3.8) is 0 Å². The summed E-state index contributed by atoms with van der Waals surface area (Å²) in [5.41, 5.74) is 1.14. The van der Waals surface area contributed by atoms with Crippen LogP contribution in [-0.2, 0) is 10.0 Å². The van der Waals surface area contributed by atoms with E-state index in [9.17, 15) is 21.6 Å². The van der Waals surface area contributed by atoms with Gasteiger partial charge in [-0.25, -0.2) is 13.1 Å².